The molecule has 0 bridgehead atoms. The van der Waals surface area contributed by atoms with Gasteiger partial charge >= 0.3 is 0 Å². The van der Waals surface area contributed by atoms with Crippen LogP contribution in [0.15, 0.2) is 42.5 Å². The van der Waals surface area contributed by atoms with Gasteiger partial charge in [0, 0.05) is 24.8 Å². The van der Waals surface area contributed by atoms with E-state index in [4.69, 9.17) is 5.73 Å². The molecule has 2 aromatic carbocycles. The molecule has 1 amide bonds. The minimum atomic E-state index is -0.515. The van der Waals surface area contributed by atoms with Gasteiger partial charge in [-0.25, -0.2) is 4.39 Å². The van der Waals surface area contributed by atoms with E-state index in [0.717, 1.165) is 6.07 Å². The summed E-state index contributed by atoms with van der Waals surface area (Å²) < 4.78 is 13.2. The second kappa shape index (κ2) is 5.61. The van der Waals surface area contributed by atoms with Crippen molar-refractivity contribution in [1.29, 1.82) is 0 Å². The zero-order valence-electron chi connectivity index (χ0n) is 11.0. The average Bonchev–Trinajstić information content (AvgIpc) is 2.43. The Kier molecular flexibility index (Phi) is 3.89. The fourth-order valence-electron chi connectivity index (χ4n) is 1.89. The molecule has 20 heavy (non-hydrogen) atoms. The van der Waals surface area contributed by atoms with Crippen molar-refractivity contribution in [2.24, 2.45) is 0 Å². The van der Waals surface area contributed by atoms with E-state index in [1.54, 1.807) is 31.3 Å². The van der Waals surface area contributed by atoms with Crippen molar-refractivity contribution in [2.75, 3.05) is 12.8 Å². The summed E-state index contributed by atoms with van der Waals surface area (Å²) in [6.45, 7) is 0.210. The fourth-order valence-corrected chi connectivity index (χ4v) is 1.89. The number of anilines is 1. The van der Waals surface area contributed by atoms with Gasteiger partial charge < -0.3 is 15.7 Å². The Morgan fingerprint density at radius 3 is 2.70 bits per heavy atom. The van der Waals surface area contributed by atoms with Crippen molar-refractivity contribution in [3.05, 3.63) is 59.4 Å². The van der Waals surface area contributed by atoms with Crippen LogP contribution in [0.3, 0.4) is 0 Å². The molecule has 0 saturated heterocycles. The lowest BCUT2D eigenvalue weighted by atomic mass is 10.1. The van der Waals surface area contributed by atoms with Gasteiger partial charge in [0.25, 0.3) is 5.91 Å². The molecule has 0 atom stereocenters. The predicted octanol–water partition coefficient (Wildman–Crippen LogP) is 2.39. The van der Waals surface area contributed by atoms with Crippen LogP contribution in [0.25, 0.3) is 0 Å². The minimum Gasteiger partial charge on any atom is -0.508 e. The first-order valence-electron chi connectivity index (χ1n) is 6.06. The van der Waals surface area contributed by atoms with Gasteiger partial charge in [0.15, 0.2) is 0 Å². The van der Waals surface area contributed by atoms with E-state index >= 15 is 0 Å². The number of nitrogen functional groups attached to an aromatic ring is 1. The number of carbonyl (C=O) groups is 1. The Balaban J connectivity index is 2.21. The third-order valence-corrected chi connectivity index (χ3v) is 2.99. The number of benzene rings is 2. The summed E-state index contributed by atoms with van der Waals surface area (Å²) in [6, 6.07) is 10.4. The van der Waals surface area contributed by atoms with E-state index in [1.807, 2.05) is 0 Å². The van der Waals surface area contributed by atoms with Crippen molar-refractivity contribution in [2.45, 2.75) is 6.54 Å². The summed E-state index contributed by atoms with van der Waals surface area (Å²) in [4.78, 5) is 13.6. The van der Waals surface area contributed by atoms with E-state index in [-0.39, 0.29) is 23.5 Å². The standard InChI is InChI=1S/C15H15FN2O2/c1-18(9-10-4-2-3-5-14(10)19)15(20)12-8-11(16)6-7-13(12)17/h2-8,19H,9,17H2,1H3. The Labute approximate surface area is 116 Å². The van der Waals surface area contributed by atoms with Crippen molar-refractivity contribution < 1.29 is 14.3 Å². The third kappa shape index (κ3) is 2.88. The number of nitrogens with two attached hydrogens (primary N) is 1. The zero-order chi connectivity index (χ0) is 14.7. The highest BCUT2D eigenvalue weighted by Gasteiger charge is 2.16. The minimum absolute atomic E-state index is 0.111. The molecule has 0 aliphatic rings. The smallest absolute Gasteiger partial charge is 0.256 e. The summed E-state index contributed by atoms with van der Waals surface area (Å²) in [5.41, 5.74) is 6.63. The predicted molar refractivity (Wildman–Crippen MR) is 74.7 cm³/mol. The molecule has 0 fully saturated rings. The number of nitrogens with zero attached hydrogens (tertiary/aromatic N) is 1. The molecule has 0 aliphatic heterocycles. The largest absolute Gasteiger partial charge is 0.508 e. The monoisotopic (exact) mass is 274 g/mol. The number of amides is 1. The fraction of sp³-hybridized carbons (Fsp3) is 0.133. The summed E-state index contributed by atoms with van der Waals surface area (Å²) in [5, 5.41) is 9.69. The molecule has 104 valence electrons. The molecule has 0 heterocycles. The molecule has 0 saturated carbocycles. The van der Waals surface area contributed by atoms with Crippen LogP contribution in [0.1, 0.15) is 15.9 Å². The molecular formula is C15H15FN2O2. The van der Waals surface area contributed by atoms with Crippen LogP contribution in [0.2, 0.25) is 0 Å². The van der Waals surface area contributed by atoms with Gasteiger partial charge in [0.2, 0.25) is 0 Å². The molecule has 4 nitrogen and oxygen atoms in total. The van der Waals surface area contributed by atoms with E-state index in [2.05, 4.69) is 0 Å². The van der Waals surface area contributed by atoms with Gasteiger partial charge in [-0.05, 0) is 24.3 Å². The van der Waals surface area contributed by atoms with Crippen molar-refractivity contribution >= 4 is 11.6 Å². The summed E-state index contributed by atoms with van der Waals surface area (Å²) in [7, 11) is 1.57. The first-order valence-corrected chi connectivity index (χ1v) is 6.06. The lowest BCUT2D eigenvalue weighted by Crippen LogP contribution is -2.27. The van der Waals surface area contributed by atoms with Crippen molar-refractivity contribution in [3.63, 3.8) is 0 Å². The number of halogens is 1. The van der Waals surface area contributed by atoms with Gasteiger partial charge in [0.1, 0.15) is 11.6 Å². The molecular weight excluding hydrogens is 259 g/mol. The maximum Gasteiger partial charge on any atom is 0.256 e. The first kappa shape index (κ1) is 13.9. The number of phenols is 1. The maximum atomic E-state index is 13.2. The lowest BCUT2D eigenvalue weighted by Gasteiger charge is -2.19. The Bertz CT molecular complexity index is 644. The molecule has 2 rings (SSSR count). The Morgan fingerprint density at radius 1 is 1.30 bits per heavy atom. The quantitative estimate of drug-likeness (QED) is 0.844. The van der Waals surface area contributed by atoms with Gasteiger partial charge in [-0.2, -0.15) is 0 Å². The van der Waals surface area contributed by atoms with E-state index < -0.39 is 11.7 Å². The average molecular weight is 274 g/mol. The number of para-hydroxylation sites is 1. The molecule has 5 heteroatoms. The SMILES string of the molecule is CN(Cc1ccccc1O)C(=O)c1cc(F)ccc1N. The maximum absolute atomic E-state index is 13.2. The van der Waals surface area contributed by atoms with Crippen LogP contribution in [0.4, 0.5) is 10.1 Å². The molecule has 0 radical (unpaired) electrons. The topological polar surface area (TPSA) is 66.6 Å². The number of carbonyl (C=O) groups excluding carboxylic acids is 1. The highest BCUT2D eigenvalue weighted by Crippen LogP contribution is 2.20. The molecule has 0 unspecified atom stereocenters. The van der Waals surface area contributed by atoms with Crippen molar-refractivity contribution in [1.82, 2.24) is 4.90 Å². The first-order chi connectivity index (χ1) is 9.49. The van der Waals surface area contributed by atoms with Gasteiger partial charge in [-0.1, -0.05) is 18.2 Å². The van der Waals surface area contributed by atoms with Crippen LogP contribution in [0.5, 0.6) is 5.75 Å². The van der Waals surface area contributed by atoms with E-state index in [0.29, 0.717) is 5.56 Å². The molecule has 0 spiro atoms. The molecule has 0 aliphatic carbocycles. The lowest BCUT2D eigenvalue weighted by molar-refractivity contribution is 0.0785. The second-order valence-electron chi connectivity index (χ2n) is 4.52. The molecule has 2 aromatic rings. The van der Waals surface area contributed by atoms with Crippen LogP contribution < -0.4 is 5.73 Å². The van der Waals surface area contributed by atoms with E-state index in [1.165, 1.54) is 17.0 Å². The molecule has 3 N–H and O–H groups in total. The van der Waals surface area contributed by atoms with Crippen LogP contribution in [-0.4, -0.2) is 23.0 Å². The van der Waals surface area contributed by atoms with Crippen LogP contribution >= 0.6 is 0 Å². The normalized spacial score (nSPS) is 10.3. The second-order valence-corrected chi connectivity index (χ2v) is 4.52. The number of hydrogen-bond donors (Lipinski definition) is 2. The number of hydrogen-bond acceptors (Lipinski definition) is 3. The summed E-state index contributed by atoms with van der Waals surface area (Å²) >= 11 is 0. The van der Waals surface area contributed by atoms with Gasteiger partial charge in [0.05, 0.1) is 5.56 Å². The Morgan fingerprint density at radius 2 is 2.00 bits per heavy atom. The zero-order valence-corrected chi connectivity index (χ0v) is 11.0. The highest BCUT2D eigenvalue weighted by molar-refractivity contribution is 5.98. The molecule has 0 aromatic heterocycles. The summed E-state index contributed by atoms with van der Waals surface area (Å²) in [6.07, 6.45) is 0. The summed E-state index contributed by atoms with van der Waals surface area (Å²) in [5.74, 6) is -0.803. The van der Waals surface area contributed by atoms with E-state index in [9.17, 15) is 14.3 Å². The Hall–Kier alpha value is -2.56. The van der Waals surface area contributed by atoms with Crippen molar-refractivity contribution in [3.8, 4) is 5.75 Å². The number of phenolic OH excluding ortho intramolecular Hbond substituents is 1. The van der Waals surface area contributed by atoms with Gasteiger partial charge in [-0.3, -0.25) is 4.79 Å². The number of rotatable bonds is 3. The third-order valence-electron chi connectivity index (χ3n) is 2.99. The van der Waals surface area contributed by atoms with Crippen LogP contribution in [-0.2, 0) is 6.54 Å². The van der Waals surface area contributed by atoms with Gasteiger partial charge in [-0.15, -0.1) is 0 Å². The number of aromatic hydroxyl groups is 1. The van der Waals surface area contributed by atoms with Crippen LogP contribution in [0, 0.1) is 5.82 Å². The highest BCUT2D eigenvalue weighted by atomic mass is 19.1.